The monoisotopic (exact) mass is 627 g/mol. The number of nitrogens with zero attached hydrogens (tertiary/aromatic N) is 1. The highest BCUT2D eigenvalue weighted by atomic mass is 32.2. The molecular weight excluding hydrogens is 585 g/mol. The van der Waals surface area contributed by atoms with Crippen molar-refractivity contribution in [3.63, 3.8) is 0 Å². The third-order valence-corrected chi connectivity index (χ3v) is 12.1. The summed E-state index contributed by atoms with van der Waals surface area (Å²) in [5.74, 6) is 1.67. The predicted molar refractivity (Wildman–Crippen MR) is 202 cm³/mol. The van der Waals surface area contributed by atoms with Gasteiger partial charge in [-0.1, -0.05) is 172 Å². The normalized spacial score (nSPS) is 13.3. The first kappa shape index (κ1) is 32.2. The molecular formula is C44H42BNS. The van der Waals surface area contributed by atoms with Crippen LogP contribution >= 0.6 is 0 Å². The van der Waals surface area contributed by atoms with Gasteiger partial charge in [0, 0.05) is 5.56 Å². The maximum absolute atomic E-state index is 8.92. The minimum absolute atomic E-state index is 0.00631. The van der Waals surface area contributed by atoms with Crippen molar-refractivity contribution in [2.75, 3.05) is 0 Å². The Labute approximate surface area is 284 Å². The molecule has 1 aliphatic rings. The minimum Gasteiger partial charge on any atom is -0.200 e. The van der Waals surface area contributed by atoms with Crippen molar-refractivity contribution < 1.29 is 0 Å². The van der Waals surface area contributed by atoms with Crippen molar-refractivity contribution in [1.82, 2.24) is 0 Å². The second kappa shape index (κ2) is 16.2. The second-order valence-electron chi connectivity index (χ2n) is 12.5. The average molecular weight is 628 g/mol. The van der Waals surface area contributed by atoms with Crippen LogP contribution in [0.5, 0.6) is 0 Å². The Balaban J connectivity index is 0.000000166. The van der Waals surface area contributed by atoms with Crippen LogP contribution in [0.1, 0.15) is 43.2 Å². The van der Waals surface area contributed by atoms with Gasteiger partial charge in [0.2, 0.25) is 0 Å². The van der Waals surface area contributed by atoms with Crippen molar-refractivity contribution in [1.29, 1.82) is 5.26 Å². The molecule has 0 heterocycles. The quantitative estimate of drug-likeness (QED) is 0.122. The smallest absolute Gasteiger partial charge is 0.161 e. The second-order valence-corrected chi connectivity index (χ2v) is 14.5. The lowest BCUT2D eigenvalue weighted by Gasteiger charge is -2.51. The zero-order chi connectivity index (χ0) is 32.2. The van der Waals surface area contributed by atoms with Gasteiger partial charge in [-0.2, -0.15) is 27.5 Å². The Kier molecular flexibility index (Phi) is 11.1. The van der Waals surface area contributed by atoms with Crippen LogP contribution in [0.4, 0.5) is 0 Å². The molecule has 0 spiro atoms. The van der Waals surface area contributed by atoms with Crippen LogP contribution in [-0.2, 0) is 16.6 Å². The van der Waals surface area contributed by atoms with Crippen LogP contribution < -0.4 is 16.4 Å². The first-order valence-corrected chi connectivity index (χ1v) is 18.3. The van der Waals surface area contributed by atoms with Gasteiger partial charge in [-0.15, -0.1) is 0 Å². The molecule has 1 saturated carbocycles. The van der Waals surface area contributed by atoms with Gasteiger partial charge < -0.3 is 0 Å². The van der Waals surface area contributed by atoms with Crippen LogP contribution in [0.25, 0.3) is 0 Å². The summed E-state index contributed by atoms with van der Waals surface area (Å²) >= 11 is 0. The summed E-state index contributed by atoms with van der Waals surface area (Å²) in [5, 5.41) is 8.92. The molecule has 47 heavy (non-hydrogen) atoms. The van der Waals surface area contributed by atoms with Gasteiger partial charge in [-0.3, -0.25) is 0 Å². The minimum atomic E-state index is -0.939. The van der Waals surface area contributed by atoms with Crippen LogP contribution in [0.15, 0.2) is 186 Å². The number of rotatable bonds is 8. The van der Waals surface area contributed by atoms with Crippen LogP contribution in [0.3, 0.4) is 0 Å². The van der Waals surface area contributed by atoms with E-state index < -0.39 is 6.15 Å². The van der Waals surface area contributed by atoms with Gasteiger partial charge in [-0.05, 0) is 36.4 Å². The molecule has 0 aromatic heterocycles. The summed E-state index contributed by atoms with van der Waals surface area (Å²) in [7, 11) is 0.00631. The van der Waals surface area contributed by atoms with Crippen molar-refractivity contribution in [2.45, 2.75) is 53.5 Å². The Bertz CT molecular complexity index is 1680. The molecule has 0 N–H and O–H groups in total. The Morgan fingerprint density at radius 1 is 0.489 bits per heavy atom. The third kappa shape index (κ3) is 7.62. The SMILES string of the molecule is N#Cc1ccc(C[S+](c2ccccc2)c2ccccc2)cc1.c1ccc([B-](c2ccccc2)(c2ccccc2)C2CCCCC2)cc1. The summed E-state index contributed by atoms with van der Waals surface area (Å²) in [4.78, 5) is 2.69. The lowest BCUT2D eigenvalue weighted by molar-refractivity contribution is 0.497. The van der Waals surface area contributed by atoms with E-state index in [1.165, 1.54) is 63.8 Å². The average Bonchev–Trinajstić information content (AvgIpc) is 3.17. The maximum atomic E-state index is 8.92. The van der Waals surface area contributed by atoms with Gasteiger partial charge >= 0.3 is 0 Å². The molecule has 1 aliphatic carbocycles. The lowest BCUT2D eigenvalue weighted by Crippen LogP contribution is -2.70. The lowest BCUT2D eigenvalue weighted by atomic mass is 9.10. The van der Waals surface area contributed by atoms with Gasteiger partial charge in [0.15, 0.2) is 9.79 Å². The molecule has 0 amide bonds. The maximum Gasteiger partial charge on any atom is 0.161 e. The topological polar surface area (TPSA) is 23.8 Å². The molecule has 0 radical (unpaired) electrons. The highest BCUT2D eigenvalue weighted by Gasteiger charge is 2.37. The Morgan fingerprint density at radius 3 is 1.26 bits per heavy atom. The molecule has 6 aromatic rings. The zero-order valence-electron chi connectivity index (χ0n) is 27.0. The highest BCUT2D eigenvalue weighted by Crippen LogP contribution is 2.37. The molecule has 3 heteroatoms. The van der Waals surface area contributed by atoms with Gasteiger partial charge in [0.05, 0.1) is 28.7 Å². The van der Waals surface area contributed by atoms with E-state index in [2.05, 4.69) is 170 Å². The fourth-order valence-corrected chi connectivity index (χ4v) is 9.71. The summed E-state index contributed by atoms with van der Waals surface area (Å²) in [5.41, 5.74) is 6.45. The van der Waals surface area contributed by atoms with E-state index >= 15 is 0 Å². The van der Waals surface area contributed by atoms with Gasteiger partial charge in [0.1, 0.15) is 5.75 Å². The number of nitriles is 1. The fourth-order valence-electron chi connectivity index (χ4n) is 7.61. The molecule has 0 unspecified atom stereocenters. The molecule has 6 aromatic carbocycles. The zero-order valence-corrected chi connectivity index (χ0v) is 27.8. The van der Waals surface area contributed by atoms with Crippen molar-refractivity contribution in [3.8, 4) is 6.07 Å². The highest BCUT2D eigenvalue weighted by molar-refractivity contribution is 7.96. The summed E-state index contributed by atoms with van der Waals surface area (Å²) in [6.07, 6.45) is 5.84. The van der Waals surface area contributed by atoms with Gasteiger partial charge in [0.25, 0.3) is 0 Å². The van der Waals surface area contributed by atoms with E-state index in [9.17, 15) is 0 Å². The summed E-state index contributed by atoms with van der Waals surface area (Å²) in [6, 6.07) is 65.2. The van der Waals surface area contributed by atoms with Crippen molar-refractivity contribution >= 4 is 33.4 Å². The molecule has 7 rings (SSSR count). The summed E-state index contributed by atoms with van der Waals surface area (Å²) < 4.78 is 0. The molecule has 0 bridgehead atoms. The predicted octanol–water partition coefficient (Wildman–Crippen LogP) is 9.29. The largest absolute Gasteiger partial charge is 0.200 e. The molecule has 0 saturated heterocycles. The van der Waals surface area contributed by atoms with E-state index in [0.29, 0.717) is 11.4 Å². The van der Waals surface area contributed by atoms with E-state index in [4.69, 9.17) is 5.26 Å². The molecule has 0 atom stereocenters. The van der Waals surface area contributed by atoms with Crippen LogP contribution in [0, 0.1) is 11.3 Å². The van der Waals surface area contributed by atoms with E-state index in [1.807, 2.05) is 12.1 Å². The van der Waals surface area contributed by atoms with Gasteiger partial charge in [-0.25, -0.2) is 0 Å². The van der Waals surface area contributed by atoms with E-state index in [1.54, 1.807) is 0 Å². The third-order valence-electron chi connectivity index (χ3n) is 9.78. The standard InChI is InChI=1S/C24H26B.C20H16NS/c1-5-13-21(14-6-1)25(22-15-7-2-8-16-22,23-17-9-3-10-18-23)24-19-11-4-12-20-24;21-15-17-11-13-18(14-12-17)16-22(19-7-3-1-4-8-19)20-9-5-2-6-10-20/h1-3,5-10,13-18,24H,4,11-12,19-20H2;1-14H,16H2/q-1;+1. The van der Waals surface area contributed by atoms with E-state index in [0.717, 1.165) is 5.75 Å². The first-order chi connectivity index (χ1) is 23.3. The number of benzene rings is 6. The van der Waals surface area contributed by atoms with Crippen molar-refractivity contribution in [3.05, 3.63) is 187 Å². The van der Waals surface area contributed by atoms with Crippen LogP contribution in [-0.4, -0.2) is 6.15 Å². The Morgan fingerprint density at radius 2 is 0.872 bits per heavy atom. The molecule has 1 fully saturated rings. The summed E-state index contributed by atoms with van der Waals surface area (Å²) in [6.45, 7) is 0. The van der Waals surface area contributed by atoms with Crippen molar-refractivity contribution in [2.24, 2.45) is 0 Å². The van der Waals surface area contributed by atoms with E-state index in [-0.39, 0.29) is 10.9 Å². The molecule has 0 aliphatic heterocycles. The van der Waals surface area contributed by atoms with Crippen LogP contribution in [0.2, 0.25) is 5.82 Å². The molecule has 1 nitrogen and oxygen atoms in total. The first-order valence-electron chi connectivity index (χ1n) is 16.9. The fraction of sp³-hybridized carbons (Fsp3) is 0.159. The molecule has 232 valence electrons. The Hall–Kier alpha value is -4.78. The number of hydrogen-bond acceptors (Lipinski definition) is 1. The number of hydrogen-bond donors (Lipinski definition) is 0.